The third-order valence-electron chi connectivity index (χ3n) is 12.0. The van der Waals surface area contributed by atoms with Gasteiger partial charge in [0.25, 0.3) is 0 Å². The van der Waals surface area contributed by atoms with Gasteiger partial charge in [0.1, 0.15) is 0 Å². The Labute approximate surface area is 219 Å². The van der Waals surface area contributed by atoms with Gasteiger partial charge in [-0.1, -0.05) is 51.5 Å². The van der Waals surface area contributed by atoms with Crippen molar-refractivity contribution in [2.75, 3.05) is 0 Å². The fourth-order valence-corrected chi connectivity index (χ4v) is 9.56. The highest BCUT2D eigenvalue weighted by molar-refractivity contribution is 5.32. The van der Waals surface area contributed by atoms with Gasteiger partial charge in [0.15, 0.2) is 0 Å². The van der Waals surface area contributed by atoms with Crippen molar-refractivity contribution < 1.29 is 10.2 Å². The fraction of sp³-hybridized carbons (Fsp3) is 0.727. The maximum absolute atomic E-state index is 11.0. The zero-order valence-electron chi connectivity index (χ0n) is 23.0. The molecule has 0 amide bonds. The number of aliphatic hydroxyl groups is 2. The molecule has 0 bridgehead atoms. The lowest BCUT2D eigenvalue weighted by Gasteiger charge is -2.59. The summed E-state index contributed by atoms with van der Waals surface area (Å²) in [4.78, 5) is 0. The van der Waals surface area contributed by atoms with Crippen molar-refractivity contribution in [2.24, 2.45) is 40.4 Å². The molecule has 2 N–H and O–H groups in total. The van der Waals surface area contributed by atoms with Crippen LogP contribution in [0.1, 0.15) is 116 Å². The van der Waals surface area contributed by atoms with Crippen molar-refractivity contribution >= 4 is 0 Å². The summed E-state index contributed by atoms with van der Waals surface area (Å²) < 4.78 is 0. The Hall–Kier alpha value is -1.63. The Kier molecular flexibility index (Phi) is 6.93. The molecule has 4 aliphatic rings. The normalized spacial score (nSPS) is 41.3. The molecule has 196 valence electrons. The van der Waals surface area contributed by atoms with Gasteiger partial charge in [-0.2, -0.15) is 5.26 Å². The standard InChI is InChI=1S/C33H47NO2/c1-5-33(36)19-18-31(3)25(20-33)11-12-26-28-14-13-27(32(28,4)17-16-29(26)31)22(2)6-15-30(35)24-9-7-23(21-34)8-10-24/h7-11,22,26-30,35-36H,5-6,12-20H2,1-4H3/t22-,26+,27-,28+,29+,30-,31+,32-,33+/m1/s1. The molecule has 9 atom stereocenters. The third-order valence-corrected chi connectivity index (χ3v) is 12.0. The predicted molar refractivity (Wildman–Crippen MR) is 145 cm³/mol. The summed E-state index contributed by atoms with van der Waals surface area (Å²) >= 11 is 0. The Balaban J connectivity index is 1.26. The first-order chi connectivity index (χ1) is 17.1. The minimum Gasteiger partial charge on any atom is -0.390 e. The number of allylic oxidation sites excluding steroid dienone is 1. The average molecular weight is 490 g/mol. The number of hydrogen-bond donors (Lipinski definition) is 2. The van der Waals surface area contributed by atoms with E-state index in [9.17, 15) is 10.2 Å². The Bertz CT molecular complexity index is 1020. The molecule has 36 heavy (non-hydrogen) atoms. The molecule has 0 aromatic heterocycles. The summed E-state index contributed by atoms with van der Waals surface area (Å²) in [6.07, 6.45) is 14.4. The zero-order valence-corrected chi connectivity index (χ0v) is 23.0. The molecule has 4 aliphatic carbocycles. The first kappa shape index (κ1) is 26.0. The number of nitrogens with zero attached hydrogens (tertiary/aromatic N) is 1. The first-order valence-corrected chi connectivity index (χ1v) is 14.7. The number of rotatable bonds is 6. The van der Waals surface area contributed by atoms with Crippen LogP contribution in [0.15, 0.2) is 35.9 Å². The number of benzene rings is 1. The lowest BCUT2D eigenvalue weighted by molar-refractivity contribution is -0.0757. The van der Waals surface area contributed by atoms with Crippen LogP contribution in [0.5, 0.6) is 0 Å². The number of fused-ring (bicyclic) bond motifs is 5. The van der Waals surface area contributed by atoms with Crippen LogP contribution in [-0.2, 0) is 0 Å². The van der Waals surface area contributed by atoms with Gasteiger partial charge < -0.3 is 10.2 Å². The van der Waals surface area contributed by atoms with Crippen LogP contribution in [0.25, 0.3) is 0 Å². The SMILES string of the molecule is CC[C@]1(O)CC[C@@]2(C)C(=CC[C@H]3[C@@H]4CC[C@H]([C@H](C)CC[C@@H](O)c5ccc(C#N)cc5)[C@@]4(C)CC[C@@H]32)C1. The number of nitriles is 1. The predicted octanol–water partition coefficient (Wildman–Crippen LogP) is 7.73. The van der Waals surface area contributed by atoms with Gasteiger partial charge in [0, 0.05) is 0 Å². The zero-order chi connectivity index (χ0) is 25.7. The van der Waals surface area contributed by atoms with E-state index in [1.807, 2.05) is 24.3 Å². The molecule has 5 rings (SSSR count). The first-order valence-electron chi connectivity index (χ1n) is 14.7. The smallest absolute Gasteiger partial charge is 0.0991 e. The van der Waals surface area contributed by atoms with Crippen molar-refractivity contribution in [1.29, 1.82) is 5.26 Å². The maximum Gasteiger partial charge on any atom is 0.0991 e. The monoisotopic (exact) mass is 489 g/mol. The minimum absolute atomic E-state index is 0.292. The van der Waals surface area contributed by atoms with Crippen molar-refractivity contribution in [3.8, 4) is 6.07 Å². The van der Waals surface area contributed by atoms with E-state index in [1.165, 1.54) is 32.1 Å². The molecule has 0 saturated heterocycles. The summed E-state index contributed by atoms with van der Waals surface area (Å²) in [5, 5.41) is 30.9. The highest BCUT2D eigenvalue weighted by atomic mass is 16.3. The molecular weight excluding hydrogens is 442 g/mol. The molecule has 0 unspecified atom stereocenters. The fourth-order valence-electron chi connectivity index (χ4n) is 9.56. The largest absolute Gasteiger partial charge is 0.390 e. The van der Waals surface area contributed by atoms with Crippen LogP contribution in [0.3, 0.4) is 0 Å². The van der Waals surface area contributed by atoms with E-state index < -0.39 is 11.7 Å². The second-order valence-corrected chi connectivity index (χ2v) is 13.5. The molecule has 3 fully saturated rings. The van der Waals surface area contributed by atoms with E-state index >= 15 is 0 Å². The van der Waals surface area contributed by atoms with Crippen LogP contribution in [0.4, 0.5) is 0 Å². The highest BCUT2D eigenvalue weighted by Gasteiger charge is 2.59. The van der Waals surface area contributed by atoms with E-state index in [0.717, 1.165) is 67.8 Å². The summed E-state index contributed by atoms with van der Waals surface area (Å²) in [6.45, 7) is 9.72. The topological polar surface area (TPSA) is 64.2 Å². The number of hydrogen-bond acceptors (Lipinski definition) is 3. The van der Waals surface area contributed by atoms with Gasteiger partial charge >= 0.3 is 0 Å². The van der Waals surface area contributed by atoms with E-state index in [2.05, 4.69) is 39.8 Å². The molecule has 3 heteroatoms. The van der Waals surface area contributed by atoms with E-state index in [4.69, 9.17) is 5.26 Å². The molecule has 0 radical (unpaired) electrons. The second-order valence-electron chi connectivity index (χ2n) is 13.5. The quantitative estimate of drug-likeness (QED) is 0.402. The number of aliphatic hydroxyl groups excluding tert-OH is 1. The molecular formula is C33H47NO2. The van der Waals surface area contributed by atoms with Gasteiger partial charge in [-0.3, -0.25) is 0 Å². The van der Waals surface area contributed by atoms with Gasteiger partial charge in [0.2, 0.25) is 0 Å². The van der Waals surface area contributed by atoms with Crippen LogP contribution in [-0.4, -0.2) is 15.8 Å². The van der Waals surface area contributed by atoms with Crippen molar-refractivity contribution in [3.05, 3.63) is 47.0 Å². The van der Waals surface area contributed by atoms with Gasteiger partial charge in [-0.25, -0.2) is 0 Å². The lowest BCUT2D eigenvalue weighted by Crippen LogP contribution is -2.52. The summed E-state index contributed by atoms with van der Waals surface area (Å²) in [5.74, 6) is 3.75. The Morgan fingerprint density at radius 1 is 1.03 bits per heavy atom. The maximum atomic E-state index is 11.0. The Morgan fingerprint density at radius 3 is 2.47 bits per heavy atom. The second kappa shape index (κ2) is 9.59. The molecule has 0 spiro atoms. The average Bonchev–Trinajstić information content (AvgIpc) is 3.25. The van der Waals surface area contributed by atoms with Gasteiger partial charge in [-0.05, 0) is 129 Å². The van der Waals surface area contributed by atoms with Crippen LogP contribution in [0, 0.1) is 51.8 Å². The van der Waals surface area contributed by atoms with Crippen molar-refractivity contribution in [3.63, 3.8) is 0 Å². The molecule has 0 aliphatic heterocycles. The van der Waals surface area contributed by atoms with Crippen LogP contribution >= 0.6 is 0 Å². The van der Waals surface area contributed by atoms with Gasteiger partial charge in [0.05, 0.1) is 23.3 Å². The van der Waals surface area contributed by atoms with Crippen molar-refractivity contribution in [2.45, 2.75) is 110 Å². The highest BCUT2D eigenvalue weighted by Crippen LogP contribution is 2.67. The molecule has 3 saturated carbocycles. The summed E-state index contributed by atoms with van der Waals surface area (Å²) in [5.41, 5.74) is 3.38. The van der Waals surface area contributed by atoms with E-state index in [-0.39, 0.29) is 0 Å². The molecule has 1 aromatic rings. The van der Waals surface area contributed by atoms with Crippen LogP contribution in [0.2, 0.25) is 0 Å². The van der Waals surface area contributed by atoms with Gasteiger partial charge in [-0.15, -0.1) is 0 Å². The Morgan fingerprint density at radius 2 is 1.78 bits per heavy atom. The molecule has 1 aromatic carbocycles. The minimum atomic E-state index is -0.475. The summed E-state index contributed by atoms with van der Waals surface area (Å²) in [7, 11) is 0. The lowest BCUT2D eigenvalue weighted by atomic mass is 9.46. The van der Waals surface area contributed by atoms with E-state index in [0.29, 0.717) is 22.3 Å². The third kappa shape index (κ3) is 4.27. The van der Waals surface area contributed by atoms with Crippen LogP contribution < -0.4 is 0 Å². The molecule has 3 nitrogen and oxygen atoms in total. The summed E-state index contributed by atoms with van der Waals surface area (Å²) in [6, 6.07) is 9.58. The molecule has 0 heterocycles. The van der Waals surface area contributed by atoms with E-state index in [1.54, 1.807) is 5.57 Å². The van der Waals surface area contributed by atoms with Crippen molar-refractivity contribution in [1.82, 2.24) is 0 Å².